The van der Waals surface area contributed by atoms with E-state index in [1.54, 1.807) is 0 Å². The Morgan fingerprint density at radius 3 is 2.43 bits per heavy atom. The first kappa shape index (κ1) is 14.1. The molecular formula is C18H21FN2. The van der Waals surface area contributed by atoms with E-state index in [-0.39, 0.29) is 11.9 Å². The number of hydrogen-bond donors (Lipinski definition) is 1. The van der Waals surface area contributed by atoms with Gasteiger partial charge in [-0.3, -0.25) is 0 Å². The zero-order valence-electron chi connectivity index (χ0n) is 12.1. The molecule has 21 heavy (non-hydrogen) atoms. The summed E-state index contributed by atoms with van der Waals surface area (Å²) in [4.78, 5) is 2.36. The summed E-state index contributed by atoms with van der Waals surface area (Å²) in [5, 5.41) is 0. The lowest BCUT2D eigenvalue weighted by molar-refractivity contribution is 0.374. The Morgan fingerprint density at radius 2 is 1.71 bits per heavy atom. The number of para-hydroxylation sites is 1. The molecular weight excluding hydrogens is 263 g/mol. The number of nitrogens with two attached hydrogens (primary N) is 1. The minimum absolute atomic E-state index is 0.176. The first-order valence-corrected chi connectivity index (χ1v) is 7.51. The molecule has 0 saturated carbocycles. The van der Waals surface area contributed by atoms with E-state index in [0.29, 0.717) is 5.92 Å². The van der Waals surface area contributed by atoms with Crippen molar-refractivity contribution in [1.29, 1.82) is 0 Å². The Hall–Kier alpha value is -1.87. The third-order valence-corrected chi connectivity index (χ3v) is 4.13. The van der Waals surface area contributed by atoms with Gasteiger partial charge in [0.1, 0.15) is 5.82 Å². The van der Waals surface area contributed by atoms with Gasteiger partial charge in [-0.05, 0) is 48.6 Å². The molecule has 2 aromatic rings. The van der Waals surface area contributed by atoms with Crippen LogP contribution in [0.5, 0.6) is 0 Å². The lowest BCUT2D eigenvalue weighted by Crippen LogP contribution is -2.47. The second-order valence-electron chi connectivity index (χ2n) is 5.93. The quantitative estimate of drug-likeness (QED) is 0.937. The Labute approximate surface area is 125 Å². The number of piperidine rings is 1. The summed E-state index contributed by atoms with van der Waals surface area (Å²) in [6.07, 6.45) is 1.98. The van der Waals surface area contributed by atoms with Gasteiger partial charge in [0.25, 0.3) is 0 Å². The van der Waals surface area contributed by atoms with Crippen LogP contribution in [0, 0.1) is 11.7 Å². The molecule has 2 atom stereocenters. The van der Waals surface area contributed by atoms with E-state index in [4.69, 9.17) is 5.73 Å². The number of hydrogen-bond acceptors (Lipinski definition) is 2. The summed E-state index contributed by atoms with van der Waals surface area (Å²) in [6.45, 7) is 1.92. The molecule has 0 spiro atoms. The maximum atomic E-state index is 13.0. The van der Waals surface area contributed by atoms with Crippen LogP contribution in [-0.2, 0) is 6.42 Å². The molecule has 1 saturated heterocycles. The van der Waals surface area contributed by atoms with Crippen molar-refractivity contribution >= 4 is 5.69 Å². The molecule has 0 bridgehead atoms. The second kappa shape index (κ2) is 6.27. The number of halogens is 1. The SMILES string of the molecule is NC1CC(Cc2ccc(F)cc2)CN(c2ccccc2)C1. The van der Waals surface area contributed by atoms with Gasteiger partial charge in [0.2, 0.25) is 0 Å². The number of rotatable bonds is 3. The molecule has 3 heteroatoms. The molecule has 1 fully saturated rings. The van der Waals surface area contributed by atoms with Gasteiger partial charge in [-0.15, -0.1) is 0 Å². The van der Waals surface area contributed by atoms with Gasteiger partial charge in [-0.2, -0.15) is 0 Å². The Bertz CT molecular complexity index is 568. The van der Waals surface area contributed by atoms with Crippen molar-refractivity contribution in [3.63, 3.8) is 0 Å². The highest BCUT2D eigenvalue weighted by atomic mass is 19.1. The van der Waals surface area contributed by atoms with E-state index in [1.165, 1.54) is 23.4 Å². The molecule has 2 N–H and O–H groups in total. The molecule has 2 nitrogen and oxygen atoms in total. The maximum absolute atomic E-state index is 13.0. The summed E-state index contributed by atoms with van der Waals surface area (Å²) >= 11 is 0. The summed E-state index contributed by atoms with van der Waals surface area (Å²) in [5.41, 5.74) is 8.65. The van der Waals surface area contributed by atoms with Gasteiger partial charge in [-0.1, -0.05) is 30.3 Å². The predicted octanol–water partition coefficient (Wildman–Crippen LogP) is 3.22. The fourth-order valence-corrected chi connectivity index (χ4v) is 3.20. The Kier molecular flexibility index (Phi) is 4.20. The minimum Gasteiger partial charge on any atom is -0.370 e. The molecule has 1 aliphatic rings. The average molecular weight is 284 g/mol. The zero-order valence-corrected chi connectivity index (χ0v) is 12.1. The van der Waals surface area contributed by atoms with Crippen molar-refractivity contribution in [3.05, 3.63) is 66.0 Å². The number of benzene rings is 2. The summed E-state index contributed by atoms with van der Waals surface area (Å²) in [7, 11) is 0. The molecule has 1 aliphatic heterocycles. The molecule has 0 aliphatic carbocycles. The number of anilines is 1. The first-order valence-electron chi connectivity index (χ1n) is 7.51. The van der Waals surface area contributed by atoms with E-state index in [1.807, 2.05) is 18.2 Å². The van der Waals surface area contributed by atoms with E-state index < -0.39 is 0 Å². The summed E-state index contributed by atoms with van der Waals surface area (Å²) < 4.78 is 13.0. The minimum atomic E-state index is -0.176. The highest BCUT2D eigenvalue weighted by Crippen LogP contribution is 2.25. The van der Waals surface area contributed by atoms with Crippen molar-refractivity contribution in [1.82, 2.24) is 0 Å². The van der Waals surface area contributed by atoms with Crippen LogP contribution in [0.25, 0.3) is 0 Å². The van der Waals surface area contributed by atoms with Crippen LogP contribution in [-0.4, -0.2) is 19.1 Å². The van der Waals surface area contributed by atoms with Crippen molar-refractivity contribution in [3.8, 4) is 0 Å². The summed E-state index contributed by atoms with van der Waals surface area (Å²) in [5.74, 6) is 0.337. The lowest BCUT2D eigenvalue weighted by atomic mass is 9.89. The molecule has 1 heterocycles. The number of nitrogens with zero attached hydrogens (tertiary/aromatic N) is 1. The first-order chi connectivity index (χ1) is 10.2. The van der Waals surface area contributed by atoms with Gasteiger partial charge in [-0.25, -0.2) is 4.39 Å². The normalized spacial score (nSPS) is 22.3. The van der Waals surface area contributed by atoms with Gasteiger partial charge >= 0.3 is 0 Å². The molecule has 0 radical (unpaired) electrons. The topological polar surface area (TPSA) is 29.3 Å². The second-order valence-corrected chi connectivity index (χ2v) is 5.93. The molecule has 110 valence electrons. The van der Waals surface area contributed by atoms with Crippen LogP contribution in [0.2, 0.25) is 0 Å². The van der Waals surface area contributed by atoms with Crippen LogP contribution in [0.4, 0.5) is 10.1 Å². The zero-order chi connectivity index (χ0) is 14.7. The van der Waals surface area contributed by atoms with E-state index in [9.17, 15) is 4.39 Å². The molecule has 3 rings (SSSR count). The molecule has 0 aromatic heterocycles. The van der Waals surface area contributed by atoms with Gasteiger partial charge in [0.05, 0.1) is 0 Å². The van der Waals surface area contributed by atoms with Crippen LogP contribution in [0.15, 0.2) is 54.6 Å². The molecule has 2 aromatic carbocycles. The Balaban J connectivity index is 1.70. The smallest absolute Gasteiger partial charge is 0.123 e. The third kappa shape index (κ3) is 3.61. The van der Waals surface area contributed by atoms with Gasteiger partial charge in [0.15, 0.2) is 0 Å². The Morgan fingerprint density at radius 1 is 1.00 bits per heavy atom. The van der Waals surface area contributed by atoms with Crippen molar-refractivity contribution in [2.75, 3.05) is 18.0 Å². The monoisotopic (exact) mass is 284 g/mol. The van der Waals surface area contributed by atoms with Crippen molar-refractivity contribution in [2.24, 2.45) is 11.7 Å². The summed E-state index contributed by atoms with van der Waals surface area (Å²) in [6, 6.07) is 17.4. The van der Waals surface area contributed by atoms with Crippen molar-refractivity contribution < 1.29 is 4.39 Å². The van der Waals surface area contributed by atoms with Crippen LogP contribution in [0.1, 0.15) is 12.0 Å². The third-order valence-electron chi connectivity index (χ3n) is 4.13. The fraction of sp³-hybridized carbons (Fsp3) is 0.333. The van der Waals surface area contributed by atoms with E-state index >= 15 is 0 Å². The van der Waals surface area contributed by atoms with Gasteiger partial charge in [0, 0.05) is 24.8 Å². The van der Waals surface area contributed by atoms with Crippen LogP contribution < -0.4 is 10.6 Å². The highest BCUT2D eigenvalue weighted by Gasteiger charge is 2.25. The van der Waals surface area contributed by atoms with E-state index in [2.05, 4.69) is 29.2 Å². The highest BCUT2D eigenvalue weighted by molar-refractivity contribution is 5.46. The largest absolute Gasteiger partial charge is 0.370 e. The predicted molar refractivity (Wildman–Crippen MR) is 84.8 cm³/mol. The lowest BCUT2D eigenvalue weighted by Gasteiger charge is -2.38. The van der Waals surface area contributed by atoms with Crippen LogP contribution >= 0.6 is 0 Å². The van der Waals surface area contributed by atoms with E-state index in [0.717, 1.165) is 25.9 Å². The molecule has 0 amide bonds. The molecule has 2 unspecified atom stereocenters. The standard InChI is InChI=1S/C18H21FN2/c19-16-8-6-14(7-9-16)10-15-11-17(20)13-21(12-15)18-4-2-1-3-5-18/h1-9,15,17H,10-13,20H2. The average Bonchev–Trinajstić information content (AvgIpc) is 2.50. The maximum Gasteiger partial charge on any atom is 0.123 e. The fourth-order valence-electron chi connectivity index (χ4n) is 3.20. The van der Waals surface area contributed by atoms with Crippen molar-refractivity contribution in [2.45, 2.75) is 18.9 Å². The van der Waals surface area contributed by atoms with Crippen LogP contribution in [0.3, 0.4) is 0 Å². The van der Waals surface area contributed by atoms with Gasteiger partial charge < -0.3 is 10.6 Å².